The second-order valence-electron chi connectivity index (χ2n) is 4.73. The predicted molar refractivity (Wildman–Crippen MR) is 73.1 cm³/mol. The van der Waals surface area contributed by atoms with Crippen molar-refractivity contribution in [2.24, 2.45) is 0 Å². The molecule has 0 saturated carbocycles. The van der Waals surface area contributed by atoms with Crippen molar-refractivity contribution in [1.29, 1.82) is 0 Å². The minimum atomic E-state index is -4.66. The third kappa shape index (κ3) is 4.09. The summed E-state index contributed by atoms with van der Waals surface area (Å²) in [4.78, 5) is 22.9. The summed E-state index contributed by atoms with van der Waals surface area (Å²) in [5, 5.41) is 11.2. The molecule has 1 heterocycles. The van der Waals surface area contributed by atoms with E-state index in [0.717, 1.165) is 0 Å². The molecular formula is C13H13F3N2O5. The largest absolute Gasteiger partial charge is 0.476 e. The molecule has 0 unspecified atom stereocenters. The van der Waals surface area contributed by atoms with Gasteiger partial charge >= 0.3 is 11.9 Å². The summed E-state index contributed by atoms with van der Waals surface area (Å²) < 4.78 is 47.1. The number of halogens is 3. The van der Waals surface area contributed by atoms with E-state index in [1.54, 1.807) is 4.90 Å². The highest BCUT2D eigenvalue weighted by atomic mass is 19.4. The van der Waals surface area contributed by atoms with Crippen molar-refractivity contribution in [3.63, 3.8) is 0 Å². The molecular weight excluding hydrogens is 321 g/mol. The number of aldehydes is 1. The average molecular weight is 334 g/mol. The fourth-order valence-corrected chi connectivity index (χ4v) is 2.21. The summed E-state index contributed by atoms with van der Waals surface area (Å²) in [5.41, 5.74) is -0.979. The molecule has 0 bridgehead atoms. The number of ether oxygens (including phenoxy) is 2. The Morgan fingerprint density at radius 1 is 1.35 bits per heavy atom. The van der Waals surface area contributed by atoms with Crippen molar-refractivity contribution in [2.45, 2.75) is 6.18 Å². The topological polar surface area (TPSA) is 81.9 Å². The molecule has 1 fully saturated rings. The van der Waals surface area contributed by atoms with Crippen LogP contribution in [0.1, 0.15) is 10.4 Å². The highest BCUT2D eigenvalue weighted by molar-refractivity contribution is 5.87. The number of hydrogen-bond acceptors (Lipinski definition) is 6. The smallest absolute Gasteiger partial charge is 0.422 e. The molecule has 0 aromatic heterocycles. The van der Waals surface area contributed by atoms with E-state index in [0.29, 0.717) is 26.3 Å². The zero-order valence-electron chi connectivity index (χ0n) is 11.8. The lowest BCUT2D eigenvalue weighted by Gasteiger charge is -2.30. The van der Waals surface area contributed by atoms with Crippen molar-refractivity contribution in [2.75, 3.05) is 37.8 Å². The molecule has 1 aliphatic heterocycles. The Balaban J connectivity index is 2.49. The van der Waals surface area contributed by atoms with Crippen molar-refractivity contribution < 1.29 is 32.4 Å². The van der Waals surface area contributed by atoms with Crippen LogP contribution < -0.4 is 9.64 Å². The fraction of sp³-hybridized carbons (Fsp3) is 0.462. The molecule has 0 N–H and O–H groups in total. The lowest BCUT2D eigenvalue weighted by atomic mass is 10.1. The van der Waals surface area contributed by atoms with E-state index in [-0.39, 0.29) is 17.5 Å². The van der Waals surface area contributed by atoms with Crippen molar-refractivity contribution in [1.82, 2.24) is 0 Å². The Morgan fingerprint density at radius 3 is 2.52 bits per heavy atom. The van der Waals surface area contributed by atoms with E-state index in [1.807, 2.05) is 0 Å². The number of nitro groups is 1. The molecule has 7 nitrogen and oxygen atoms in total. The monoisotopic (exact) mass is 334 g/mol. The number of anilines is 1. The molecule has 126 valence electrons. The van der Waals surface area contributed by atoms with Gasteiger partial charge in [0.25, 0.3) is 0 Å². The maximum absolute atomic E-state index is 12.4. The maximum Gasteiger partial charge on any atom is 0.422 e. The molecule has 0 amide bonds. The Bertz CT molecular complexity index is 600. The quantitative estimate of drug-likeness (QED) is 0.466. The van der Waals surface area contributed by atoms with Gasteiger partial charge in [0.15, 0.2) is 12.9 Å². The number of carbonyl (C=O) groups excluding carboxylic acids is 1. The van der Waals surface area contributed by atoms with Crippen LogP contribution in [0.5, 0.6) is 5.75 Å². The lowest BCUT2D eigenvalue weighted by molar-refractivity contribution is -0.386. The van der Waals surface area contributed by atoms with E-state index in [4.69, 9.17) is 4.74 Å². The number of morpholine rings is 1. The Morgan fingerprint density at radius 2 is 2.00 bits per heavy atom. The van der Waals surface area contributed by atoms with Crippen LogP contribution in [0.3, 0.4) is 0 Å². The van der Waals surface area contributed by atoms with Crippen LogP contribution in [0.2, 0.25) is 0 Å². The number of nitro benzene ring substituents is 1. The molecule has 2 rings (SSSR count). The van der Waals surface area contributed by atoms with Crippen LogP contribution in [0.15, 0.2) is 12.1 Å². The number of carbonyl (C=O) groups is 1. The minimum absolute atomic E-state index is 0.134. The Hall–Kier alpha value is -2.36. The molecule has 0 atom stereocenters. The van der Waals surface area contributed by atoms with E-state index in [1.165, 1.54) is 12.1 Å². The van der Waals surface area contributed by atoms with Crippen molar-refractivity contribution in [3.8, 4) is 5.75 Å². The van der Waals surface area contributed by atoms with Gasteiger partial charge in [-0.2, -0.15) is 13.2 Å². The average Bonchev–Trinajstić information content (AvgIpc) is 2.51. The molecule has 0 radical (unpaired) electrons. The highest BCUT2D eigenvalue weighted by Gasteiger charge is 2.33. The molecule has 1 saturated heterocycles. The van der Waals surface area contributed by atoms with Gasteiger partial charge in [0, 0.05) is 13.1 Å². The molecule has 1 aliphatic rings. The number of alkyl halides is 3. The minimum Gasteiger partial charge on any atom is -0.476 e. The lowest BCUT2D eigenvalue weighted by Crippen LogP contribution is -2.36. The highest BCUT2D eigenvalue weighted by Crippen LogP contribution is 2.40. The van der Waals surface area contributed by atoms with Gasteiger partial charge in [-0.3, -0.25) is 14.9 Å². The van der Waals surface area contributed by atoms with E-state index >= 15 is 0 Å². The van der Waals surface area contributed by atoms with Gasteiger partial charge in [-0.25, -0.2) is 0 Å². The van der Waals surface area contributed by atoms with Gasteiger partial charge in [-0.05, 0) is 12.1 Å². The second-order valence-corrected chi connectivity index (χ2v) is 4.73. The Labute approximate surface area is 128 Å². The van der Waals surface area contributed by atoms with E-state index in [9.17, 15) is 28.1 Å². The van der Waals surface area contributed by atoms with Gasteiger partial charge in [0.2, 0.25) is 5.75 Å². The number of rotatable bonds is 5. The molecule has 1 aromatic rings. The number of benzene rings is 1. The Kier molecular flexibility index (Phi) is 5.04. The van der Waals surface area contributed by atoms with Crippen LogP contribution in [0.25, 0.3) is 0 Å². The summed E-state index contributed by atoms with van der Waals surface area (Å²) in [7, 11) is 0. The van der Waals surface area contributed by atoms with Gasteiger partial charge in [0.1, 0.15) is 0 Å². The van der Waals surface area contributed by atoms with E-state index < -0.39 is 29.1 Å². The first-order valence-electron chi connectivity index (χ1n) is 6.62. The van der Waals surface area contributed by atoms with Crippen LogP contribution in [0.4, 0.5) is 24.5 Å². The zero-order chi connectivity index (χ0) is 17.0. The summed E-state index contributed by atoms with van der Waals surface area (Å²) in [5.74, 6) is -0.557. The zero-order valence-corrected chi connectivity index (χ0v) is 11.8. The first-order valence-corrected chi connectivity index (χ1v) is 6.62. The van der Waals surface area contributed by atoms with Gasteiger partial charge in [0.05, 0.1) is 29.4 Å². The van der Waals surface area contributed by atoms with Crippen LogP contribution >= 0.6 is 0 Å². The summed E-state index contributed by atoms with van der Waals surface area (Å²) in [6.07, 6.45) is -4.45. The van der Waals surface area contributed by atoms with Gasteiger partial charge in [-0.1, -0.05) is 0 Å². The van der Waals surface area contributed by atoms with Crippen molar-refractivity contribution in [3.05, 3.63) is 27.8 Å². The first-order chi connectivity index (χ1) is 10.8. The SMILES string of the molecule is O=Cc1ccc(N2CCOCC2)c(OCC(F)(F)F)c1[N+](=O)[O-]. The third-order valence-electron chi connectivity index (χ3n) is 3.18. The second kappa shape index (κ2) is 6.82. The molecule has 0 spiro atoms. The predicted octanol–water partition coefficient (Wildman–Crippen LogP) is 2.18. The number of hydrogen-bond donors (Lipinski definition) is 0. The van der Waals surface area contributed by atoms with Crippen molar-refractivity contribution >= 4 is 17.7 Å². The summed E-state index contributed by atoms with van der Waals surface area (Å²) in [6.45, 7) is -0.322. The van der Waals surface area contributed by atoms with E-state index in [2.05, 4.69) is 4.74 Å². The van der Waals surface area contributed by atoms with Crippen LogP contribution in [-0.4, -0.2) is 50.3 Å². The summed E-state index contributed by atoms with van der Waals surface area (Å²) in [6, 6.07) is 2.53. The molecule has 10 heteroatoms. The maximum atomic E-state index is 12.4. The third-order valence-corrected chi connectivity index (χ3v) is 3.18. The van der Waals surface area contributed by atoms with Gasteiger partial charge in [-0.15, -0.1) is 0 Å². The van der Waals surface area contributed by atoms with Crippen LogP contribution in [-0.2, 0) is 4.74 Å². The first kappa shape index (κ1) is 17.0. The normalized spacial score (nSPS) is 15.3. The van der Waals surface area contributed by atoms with Crippen LogP contribution in [0, 0.1) is 10.1 Å². The number of nitrogens with zero attached hydrogens (tertiary/aromatic N) is 2. The molecule has 1 aromatic carbocycles. The fourth-order valence-electron chi connectivity index (χ4n) is 2.21. The summed E-state index contributed by atoms with van der Waals surface area (Å²) >= 11 is 0. The molecule has 23 heavy (non-hydrogen) atoms. The standard InChI is InChI=1S/C13H13F3N2O5/c14-13(15,16)8-23-12-10(17-3-5-22-6-4-17)2-1-9(7-19)11(12)18(20)21/h1-2,7H,3-6,8H2. The molecule has 0 aliphatic carbocycles. The van der Waals surface area contributed by atoms with Gasteiger partial charge < -0.3 is 14.4 Å².